The third kappa shape index (κ3) is 3.85. The molecule has 0 saturated carbocycles. The largest absolute Gasteiger partial charge is 0.378 e. The van der Waals surface area contributed by atoms with E-state index in [0.29, 0.717) is 6.42 Å². The summed E-state index contributed by atoms with van der Waals surface area (Å²) in [6.07, 6.45) is 0.562. The highest BCUT2D eigenvalue weighted by Crippen LogP contribution is 2.25. The summed E-state index contributed by atoms with van der Waals surface area (Å²) in [6, 6.07) is 0. The van der Waals surface area contributed by atoms with E-state index in [1.807, 2.05) is 34.6 Å². The second kappa shape index (κ2) is 5.01. The lowest BCUT2D eigenvalue weighted by atomic mass is 9.80. The van der Waals surface area contributed by atoms with Gasteiger partial charge in [0.05, 0.1) is 0 Å². The fourth-order valence-electron chi connectivity index (χ4n) is 1.28. The molecule has 0 aliphatic carbocycles. The van der Waals surface area contributed by atoms with E-state index in [1.165, 1.54) is 0 Å². The van der Waals surface area contributed by atoms with Crippen LogP contribution in [-0.4, -0.2) is 21.4 Å². The van der Waals surface area contributed by atoms with Gasteiger partial charge in [-0.15, -0.1) is 0 Å². The predicted octanol–water partition coefficient (Wildman–Crippen LogP) is 2.19. The Morgan fingerprint density at radius 1 is 1.00 bits per heavy atom. The molecule has 0 saturated heterocycles. The molecule has 0 heterocycles. The van der Waals surface area contributed by atoms with Crippen molar-refractivity contribution in [2.24, 2.45) is 11.8 Å². The van der Waals surface area contributed by atoms with Gasteiger partial charge in [0.1, 0.15) is 11.2 Å². The minimum absolute atomic E-state index is 0.0534. The Hall–Kier alpha value is -0.520. The van der Waals surface area contributed by atoms with E-state index in [1.54, 1.807) is 6.92 Å². The van der Waals surface area contributed by atoms with Crippen LogP contribution >= 0.6 is 0 Å². The molecular weight excluding hydrogens is 188 g/mol. The normalized spacial score (nSPS) is 16.1. The molecule has 2 nitrogen and oxygen atoms in total. The molecule has 0 fully saturated rings. The highest BCUT2D eigenvalue weighted by Gasteiger charge is 2.33. The van der Waals surface area contributed by atoms with Crippen molar-refractivity contribution in [1.29, 1.82) is 0 Å². The van der Waals surface area contributed by atoms with Crippen molar-refractivity contribution >= 4 is 0 Å². The van der Waals surface area contributed by atoms with Gasteiger partial charge in [0.25, 0.3) is 0 Å². The molecule has 0 bridgehead atoms. The standard InChI is InChI=1S/C13H24O2/c1-7-12(6,14)8-9-13(15,10(2)3)11(4)5/h10-11,14-15H,7H2,1-6H3. The summed E-state index contributed by atoms with van der Waals surface area (Å²) >= 11 is 0. The van der Waals surface area contributed by atoms with Crippen molar-refractivity contribution in [2.45, 2.75) is 59.2 Å². The summed E-state index contributed by atoms with van der Waals surface area (Å²) in [6.45, 7) is 11.3. The zero-order chi connectivity index (χ0) is 12.3. The Labute approximate surface area is 93.7 Å². The maximum absolute atomic E-state index is 10.3. The fourth-order valence-corrected chi connectivity index (χ4v) is 1.28. The molecule has 0 aromatic carbocycles. The van der Waals surface area contributed by atoms with Crippen LogP contribution in [0.4, 0.5) is 0 Å². The minimum atomic E-state index is -1.01. The number of hydrogen-bond acceptors (Lipinski definition) is 2. The lowest BCUT2D eigenvalue weighted by Gasteiger charge is -2.31. The second-order valence-electron chi connectivity index (χ2n) is 5.01. The highest BCUT2D eigenvalue weighted by atomic mass is 16.3. The molecule has 0 aliphatic heterocycles. The van der Waals surface area contributed by atoms with Crippen LogP contribution in [0.15, 0.2) is 0 Å². The van der Waals surface area contributed by atoms with E-state index in [-0.39, 0.29) is 11.8 Å². The fraction of sp³-hybridized carbons (Fsp3) is 0.846. The van der Waals surface area contributed by atoms with Crippen LogP contribution in [0.25, 0.3) is 0 Å². The van der Waals surface area contributed by atoms with Crippen molar-refractivity contribution in [3.8, 4) is 11.8 Å². The molecule has 88 valence electrons. The van der Waals surface area contributed by atoms with Crippen molar-refractivity contribution < 1.29 is 10.2 Å². The van der Waals surface area contributed by atoms with Crippen LogP contribution in [0.3, 0.4) is 0 Å². The summed E-state index contributed by atoms with van der Waals surface area (Å²) in [4.78, 5) is 0. The molecule has 1 atom stereocenters. The highest BCUT2D eigenvalue weighted by molar-refractivity contribution is 5.21. The number of hydrogen-bond donors (Lipinski definition) is 2. The van der Waals surface area contributed by atoms with Crippen LogP contribution < -0.4 is 0 Å². The lowest BCUT2D eigenvalue weighted by Crippen LogP contribution is -2.39. The van der Waals surface area contributed by atoms with Gasteiger partial charge in [-0.1, -0.05) is 46.5 Å². The molecule has 2 heteroatoms. The third-order valence-corrected chi connectivity index (χ3v) is 2.98. The van der Waals surface area contributed by atoms with E-state index in [9.17, 15) is 10.2 Å². The van der Waals surface area contributed by atoms with Crippen LogP contribution in [0.2, 0.25) is 0 Å². The monoisotopic (exact) mass is 212 g/mol. The molecule has 1 unspecified atom stereocenters. The van der Waals surface area contributed by atoms with Gasteiger partial charge < -0.3 is 10.2 Å². The summed E-state index contributed by atoms with van der Waals surface area (Å²) in [5.41, 5.74) is -2.02. The SMILES string of the molecule is CCC(C)(O)C#CC(O)(C(C)C)C(C)C. The average molecular weight is 212 g/mol. The van der Waals surface area contributed by atoms with Crippen LogP contribution in [0.5, 0.6) is 0 Å². The summed E-state index contributed by atoms with van der Waals surface area (Å²) in [7, 11) is 0. The van der Waals surface area contributed by atoms with Crippen LogP contribution in [0.1, 0.15) is 48.0 Å². The maximum atomic E-state index is 10.3. The van der Waals surface area contributed by atoms with Gasteiger partial charge >= 0.3 is 0 Å². The summed E-state index contributed by atoms with van der Waals surface area (Å²) in [5, 5.41) is 20.1. The average Bonchev–Trinajstić information content (AvgIpc) is 2.13. The van der Waals surface area contributed by atoms with Gasteiger partial charge in [0, 0.05) is 0 Å². The summed E-state index contributed by atoms with van der Waals surface area (Å²) < 4.78 is 0. The van der Waals surface area contributed by atoms with Gasteiger partial charge in [-0.25, -0.2) is 0 Å². The zero-order valence-electron chi connectivity index (χ0n) is 10.8. The summed E-state index contributed by atoms with van der Waals surface area (Å²) in [5.74, 6) is 5.72. The van der Waals surface area contributed by atoms with E-state index >= 15 is 0 Å². The molecule has 0 amide bonds. The van der Waals surface area contributed by atoms with Gasteiger partial charge in [-0.2, -0.15) is 0 Å². The molecule has 0 aromatic rings. The van der Waals surface area contributed by atoms with E-state index < -0.39 is 11.2 Å². The third-order valence-electron chi connectivity index (χ3n) is 2.98. The Balaban J connectivity index is 5.00. The number of aliphatic hydroxyl groups is 2. The molecule has 0 aromatic heterocycles. The Morgan fingerprint density at radius 3 is 1.67 bits per heavy atom. The van der Waals surface area contributed by atoms with E-state index in [2.05, 4.69) is 11.8 Å². The molecular formula is C13H24O2. The lowest BCUT2D eigenvalue weighted by molar-refractivity contribution is 0.00822. The first kappa shape index (κ1) is 14.5. The van der Waals surface area contributed by atoms with Gasteiger partial charge in [-0.05, 0) is 25.2 Å². The maximum Gasteiger partial charge on any atom is 0.130 e. The topological polar surface area (TPSA) is 40.5 Å². The van der Waals surface area contributed by atoms with Crippen molar-refractivity contribution in [1.82, 2.24) is 0 Å². The predicted molar refractivity (Wildman–Crippen MR) is 63.3 cm³/mol. The molecule has 0 spiro atoms. The quantitative estimate of drug-likeness (QED) is 0.704. The van der Waals surface area contributed by atoms with E-state index in [0.717, 1.165) is 0 Å². The molecule has 2 N–H and O–H groups in total. The van der Waals surface area contributed by atoms with Crippen molar-refractivity contribution in [2.75, 3.05) is 0 Å². The molecule has 0 radical (unpaired) electrons. The molecule has 0 aliphatic rings. The van der Waals surface area contributed by atoms with Gasteiger partial charge in [-0.3, -0.25) is 0 Å². The van der Waals surface area contributed by atoms with Crippen LogP contribution in [0, 0.1) is 23.7 Å². The molecule has 15 heavy (non-hydrogen) atoms. The van der Waals surface area contributed by atoms with Gasteiger partial charge in [0.15, 0.2) is 0 Å². The first-order valence-corrected chi connectivity index (χ1v) is 5.64. The van der Waals surface area contributed by atoms with Crippen molar-refractivity contribution in [3.63, 3.8) is 0 Å². The number of rotatable bonds is 3. The zero-order valence-corrected chi connectivity index (χ0v) is 10.8. The Morgan fingerprint density at radius 2 is 1.40 bits per heavy atom. The van der Waals surface area contributed by atoms with Gasteiger partial charge in [0.2, 0.25) is 0 Å². The van der Waals surface area contributed by atoms with Crippen LogP contribution in [-0.2, 0) is 0 Å². The van der Waals surface area contributed by atoms with Crippen molar-refractivity contribution in [3.05, 3.63) is 0 Å². The first-order chi connectivity index (χ1) is 6.65. The first-order valence-electron chi connectivity index (χ1n) is 5.64. The smallest absolute Gasteiger partial charge is 0.130 e. The minimum Gasteiger partial charge on any atom is -0.378 e. The Bertz CT molecular complexity index is 245. The second-order valence-corrected chi connectivity index (χ2v) is 5.01. The Kier molecular flexibility index (Phi) is 4.83. The molecule has 0 rings (SSSR count). The van der Waals surface area contributed by atoms with E-state index in [4.69, 9.17) is 0 Å².